The van der Waals surface area contributed by atoms with Crippen LogP contribution in [-0.4, -0.2) is 44.8 Å². The van der Waals surface area contributed by atoms with E-state index in [1.165, 1.54) is 21.3 Å². The molecule has 0 spiro atoms. The van der Waals surface area contributed by atoms with Crippen LogP contribution in [-0.2, 0) is 0 Å². The minimum Gasteiger partial charge on any atom is -0.496 e. The van der Waals surface area contributed by atoms with E-state index in [0.29, 0.717) is 39.9 Å². The molecule has 7 heteroatoms. The molecule has 1 aliphatic rings. The first kappa shape index (κ1) is 18.2. The van der Waals surface area contributed by atoms with Crippen molar-refractivity contribution in [1.29, 1.82) is 0 Å². The summed E-state index contributed by atoms with van der Waals surface area (Å²) in [6.45, 7) is 0. The molecule has 7 nitrogen and oxygen atoms in total. The van der Waals surface area contributed by atoms with Gasteiger partial charge in [-0.25, -0.2) is 0 Å². The average molecular weight is 362 g/mol. The average Bonchev–Trinajstić information content (AvgIpc) is 2.68. The van der Waals surface area contributed by atoms with Crippen molar-refractivity contribution < 1.29 is 33.9 Å². The zero-order valence-corrected chi connectivity index (χ0v) is 15.1. The molecule has 3 rings (SSSR count). The lowest BCUT2D eigenvalue weighted by Gasteiger charge is -2.35. The van der Waals surface area contributed by atoms with E-state index >= 15 is 0 Å². The third-order valence-electron chi connectivity index (χ3n) is 4.45. The molecule has 3 atom stereocenters. The van der Waals surface area contributed by atoms with Crippen LogP contribution in [0.4, 0.5) is 0 Å². The molecule has 0 radical (unpaired) electrons. The Morgan fingerprint density at radius 1 is 0.808 bits per heavy atom. The Kier molecular flexibility index (Phi) is 5.11. The lowest BCUT2D eigenvalue weighted by Crippen LogP contribution is -2.34. The van der Waals surface area contributed by atoms with E-state index in [1.54, 1.807) is 37.4 Å². The van der Waals surface area contributed by atoms with Crippen molar-refractivity contribution >= 4 is 0 Å². The van der Waals surface area contributed by atoms with Gasteiger partial charge in [0.15, 0.2) is 17.6 Å². The molecule has 0 saturated heterocycles. The molecule has 1 heterocycles. The van der Waals surface area contributed by atoms with Crippen LogP contribution < -0.4 is 23.7 Å². The summed E-state index contributed by atoms with van der Waals surface area (Å²) in [6.07, 6.45) is -3.17. The fourth-order valence-electron chi connectivity index (χ4n) is 3.09. The van der Waals surface area contributed by atoms with Gasteiger partial charge in [0, 0.05) is 12.1 Å². The number of benzene rings is 2. The number of hydrogen-bond acceptors (Lipinski definition) is 7. The van der Waals surface area contributed by atoms with Gasteiger partial charge in [0.05, 0.1) is 34.0 Å². The van der Waals surface area contributed by atoms with E-state index in [4.69, 9.17) is 23.7 Å². The molecule has 0 amide bonds. The molecule has 140 valence electrons. The Bertz CT molecular complexity index is 790. The second-order valence-electron chi connectivity index (χ2n) is 5.83. The summed E-state index contributed by atoms with van der Waals surface area (Å²) in [5.41, 5.74) is 1.03. The molecular formula is C19H22O7. The highest BCUT2D eigenvalue weighted by Gasteiger charge is 2.40. The molecule has 0 aromatic heterocycles. The van der Waals surface area contributed by atoms with E-state index in [9.17, 15) is 10.2 Å². The summed E-state index contributed by atoms with van der Waals surface area (Å²) in [7, 11) is 6.08. The minimum atomic E-state index is -1.19. The molecule has 1 aliphatic heterocycles. The molecular weight excluding hydrogens is 340 g/mol. The Morgan fingerprint density at radius 3 is 2.12 bits per heavy atom. The molecule has 2 N–H and O–H groups in total. The first-order valence-electron chi connectivity index (χ1n) is 8.04. The first-order chi connectivity index (χ1) is 12.5. The second kappa shape index (κ2) is 7.31. The van der Waals surface area contributed by atoms with Gasteiger partial charge in [-0.05, 0) is 17.7 Å². The highest BCUT2D eigenvalue weighted by atomic mass is 16.5. The van der Waals surface area contributed by atoms with Gasteiger partial charge < -0.3 is 33.9 Å². The fourth-order valence-corrected chi connectivity index (χ4v) is 3.09. The molecule has 0 fully saturated rings. The number of hydrogen-bond donors (Lipinski definition) is 2. The van der Waals surface area contributed by atoms with Gasteiger partial charge in [-0.15, -0.1) is 0 Å². The van der Waals surface area contributed by atoms with Crippen LogP contribution in [0.5, 0.6) is 28.7 Å². The summed E-state index contributed by atoms with van der Waals surface area (Å²) in [5, 5.41) is 21.3. The summed E-state index contributed by atoms with van der Waals surface area (Å²) in [5.74, 6) is 2.36. The number of aliphatic hydroxyl groups excluding tert-OH is 2. The van der Waals surface area contributed by atoms with Crippen LogP contribution in [0.1, 0.15) is 23.3 Å². The Labute approximate surface area is 151 Å². The number of ether oxygens (including phenoxy) is 5. The van der Waals surface area contributed by atoms with Crippen LogP contribution in [0.3, 0.4) is 0 Å². The van der Waals surface area contributed by atoms with Crippen molar-refractivity contribution in [3.05, 3.63) is 41.5 Å². The van der Waals surface area contributed by atoms with Gasteiger partial charge in [-0.2, -0.15) is 0 Å². The fraction of sp³-hybridized carbons (Fsp3) is 0.368. The van der Waals surface area contributed by atoms with Crippen LogP contribution in [0.15, 0.2) is 30.3 Å². The van der Waals surface area contributed by atoms with Gasteiger partial charge in [-0.1, -0.05) is 6.07 Å². The number of methoxy groups -OCH3 is 4. The molecule has 26 heavy (non-hydrogen) atoms. The first-order valence-corrected chi connectivity index (χ1v) is 8.04. The molecule has 0 saturated carbocycles. The van der Waals surface area contributed by atoms with Gasteiger partial charge in [0.1, 0.15) is 29.5 Å². The quantitative estimate of drug-likeness (QED) is 0.844. The molecule has 3 unspecified atom stereocenters. The van der Waals surface area contributed by atoms with Crippen molar-refractivity contribution in [3.8, 4) is 28.7 Å². The summed E-state index contributed by atoms with van der Waals surface area (Å²) in [6, 6.07) is 8.47. The standard InChI is InChI=1S/C19H22O7/c1-22-11-8-14(25-4)16-15(9-11)26-19(18(21)17(16)20)10-5-6-12(23-2)13(7-10)24-3/h5-9,17-21H,1-4H3. The van der Waals surface area contributed by atoms with Crippen molar-refractivity contribution in [3.63, 3.8) is 0 Å². The maximum absolute atomic E-state index is 10.7. The van der Waals surface area contributed by atoms with Crippen LogP contribution in [0.25, 0.3) is 0 Å². The lowest BCUT2D eigenvalue weighted by atomic mass is 9.91. The molecule has 2 aromatic rings. The largest absolute Gasteiger partial charge is 0.496 e. The third-order valence-corrected chi connectivity index (χ3v) is 4.45. The zero-order chi connectivity index (χ0) is 18.8. The summed E-state index contributed by atoms with van der Waals surface area (Å²) < 4.78 is 27.1. The van der Waals surface area contributed by atoms with Crippen LogP contribution >= 0.6 is 0 Å². The Balaban J connectivity index is 2.05. The number of fused-ring (bicyclic) bond motifs is 1. The van der Waals surface area contributed by atoms with Gasteiger partial charge in [0.25, 0.3) is 0 Å². The Hall–Kier alpha value is -2.64. The smallest absolute Gasteiger partial charge is 0.161 e. The van der Waals surface area contributed by atoms with E-state index < -0.39 is 18.3 Å². The highest BCUT2D eigenvalue weighted by molar-refractivity contribution is 5.54. The number of rotatable bonds is 5. The topological polar surface area (TPSA) is 86.6 Å². The van der Waals surface area contributed by atoms with Gasteiger partial charge in [0.2, 0.25) is 0 Å². The monoisotopic (exact) mass is 362 g/mol. The predicted molar refractivity (Wildman–Crippen MR) is 93.4 cm³/mol. The van der Waals surface area contributed by atoms with Crippen molar-refractivity contribution in [2.45, 2.75) is 18.3 Å². The van der Waals surface area contributed by atoms with E-state index in [1.807, 2.05) is 0 Å². The minimum absolute atomic E-state index is 0.386. The van der Waals surface area contributed by atoms with E-state index in [2.05, 4.69) is 0 Å². The lowest BCUT2D eigenvalue weighted by molar-refractivity contribution is -0.0711. The van der Waals surface area contributed by atoms with E-state index in [-0.39, 0.29) is 0 Å². The zero-order valence-electron chi connectivity index (χ0n) is 15.1. The van der Waals surface area contributed by atoms with Gasteiger partial charge in [-0.3, -0.25) is 0 Å². The predicted octanol–water partition coefficient (Wildman–Crippen LogP) is 2.25. The van der Waals surface area contributed by atoms with Crippen LogP contribution in [0.2, 0.25) is 0 Å². The normalized spacial score (nSPS) is 21.4. The van der Waals surface area contributed by atoms with E-state index in [0.717, 1.165) is 0 Å². The highest BCUT2D eigenvalue weighted by Crippen LogP contribution is 2.48. The maximum atomic E-state index is 10.7. The van der Waals surface area contributed by atoms with Gasteiger partial charge >= 0.3 is 0 Å². The molecule has 0 bridgehead atoms. The summed E-state index contributed by atoms with van der Waals surface area (Å²) >= 11 is 0. The van der Waals surface area contributed by atoms with Crippen molar-refractivity contribution in [2.24, 2.45) is 0 Å². The van der Waals surface area contributed by atoms with Crippen molar-refractivity contribution in [1.82, 2.24) is 0 Å². The Morgan fingerprint density at radius 2 is 1.50 bits per heavy atom. The number of aliphatic hydroxyl groups is 2. The molecule has 0 aliphatic carbocycles. The molecule has 2 aromatic carbocycles. The second-order valence-corrected chi connectivity index (χ2v) is 5.83. The van der Waals surface area contributed by atoms with Crippen LogP contribution in [0, 0.1) is 0 Å². The third kappa shape index (κ3) is 3.00. The SMILES string of the molecule is COc1cc(OC)c2c(c1)OC(c1ccc(OC)c(OC)c1)C(O)C2O. The summed E-state index contributed by atoms with van der Waals surface area (Å²) in [4.78, 5) is 0. The van der Waals surface area contributed by atoms with Crippen molar-refractivity contribution in [2.75, 3.05) is 28.4 Å². The maximum Gasteiger partial charge on any atom is 0.161 e.